The summed E-state index contributed by atoms with van der Waals surface area (Å²) in [7, 11) is 0. The van der Waals surface area contributed by atoms with Crippen molar-refractivity contribution in [1.29, 1.82) is 0 Å². The molecular formula is C11H14F2. The van der Waals surface area contributed by atoms with Crippen LogP contribution in [-0.2, 0) is 0 Å². The zero-order chi connectivity index (χ0) is 9.84. The van der Waals surface area contributed by atoms with E-state index in [1.165, 1.54) is 12.1 Å². The van der Waals surface area contributed by atoms with Gasteiger partial charge in [-0.15, -0.1) is 0 Å². The largest absolute Gasteiger partial charge is 0.204 e. The van der Waals surface area contributed by atoms with Gasteiger partial charge in [-0.05, 0) is 36.5 Å². The van der Waals surface area contributed by atoms with Gasteiger partial charge in [0.2, 0.25) is 0 Å². The second-order valence-corrected chi connectivity index (χ2v) is 3.19. The first-order valence-corrected chi connectivity index (χ1v) is 4.64. The first kappa shape index (κ1) is 10.2. The van der Waals surface area contributed by atoms with Crippen LogP contribution in [0.25, 0.3) is 0 Å². The maximum atomic E-state index is 12.8. The van der Waals surface area contributed by atoms with Crippen LogP contribution in [0, 0.1) is 11.6 Å². The molecule has 1 rings (SSSR count). The fourth-order valence-corrected chi connectivity index (χ4v) is 1.53. The van der Waals surface area contributed by atoms with E-state index in [1.807, 2.05) is 0 Å². The van der Waals surface area contributed by atoms with Crippen LogP contribution in [0.5, 0.6) is 0 Å². The van der Waals surface area contributed by atoms with Gasteiger partial charge in [-0.3, -0.25) is 0 Å². The van der Waals surface area contributed by atoms with Crippen molar-refractivity contribution in [1.82, 2.24) is 0 Å². The number of hydrogen-bond donors (Lipinski definition) is 0. The molecule has 1 aromatic carbocycles. The van der Waals surface area contributed by atoms with E-state index in [9.17, 15) is 8.78 Å². The Labute approximate surface area is 77.6 Å². The topological polar surface area (TPSA) is 0 Å². The van der Waals surface area contributed by atoms with Crippen molar-refractivity contribution in [2.45, 2.75) is 32.6 Å². The Bertz CT molecular complexity index is 277. The summed E-state index contributed by atoms with van der Waals surface area (Å²) in [6, 6.07) is 4.16. The first-order chi connectivity index (χ1) is 6.19. The molecule has 0 fully saturated rings. The molecule has 0 nitrogen and oxygen atoms in total. The van der Waals surface area contributed by atoms with Gasteiger partial charge in [0.1, 0.15) is 0 Å². The molecule has 0 heterocycles. The Morgan fingerprint density at radius 3 is 2.15 bits per heavy atom. The molecule has 72 valence electrons. The van der Waals surface area contributed by atoms with E-state index in [0.717, 1.165) is 18.4 Å². The minimum Gasteiger partial charge on any atom is -0.204 e. The van der Waals surface area contributed by atoms with Crippen molar-refractivity contribution in [3.05, 3.63) is 35.4 Å². The molecule has 0 radical (unpaired) electrons. The van der Waals surface area contributed by atoms with Crippen LogP contribution >= 0.6 is 0 Å². The summed E-state index contributed by atoms with van der Waals surface area (Å²) in [6.45, 7) is 4.10. The van der Waals surface area contributed by atoms with E-state index in [-0.39, 0.29) is 0 Å². The molecule has 0 amide bonds. The lowest BCUT2D eigenvalue weighted by Gasteiger charge is -2.12. The van der Waals surface area contributed by atoms with Crippen LogP contribution in [0.4, 0.5) is 8.78 Å². The molecule has 0 saturated carbocycles. The Kier molecular flexibility index (Phi) is 3.40. The van der Waals surface area contributed by atoms with Gasteiger partial charge in [0.05, 0.1) is 0 Å². The number of halogens is 2. The van der Waals surface area contributed by atoms with E-state index in [0.29, 0.717) is 5.92 Å². The molecule has 1 aromatic rings. The smallest absolute Gasteiger partial charge is 0.159 e. The highest BCUT2D eigenvalue weighted by atomic mass is 19.2. The highest BCUT2D eigenvalue weighted by molar-refractivity contribution is 5.21. The minimum absolute atomic E-state index is 0.343. The highest BCUT2D eigenvalue weighted by Gasteiger charge is 2.09. The normalized spacial score (nSPS) is 10.8. The van der Waals surface area contributed by atoms with E-state index in [1.54, 1.807) is 6.07 Å². The Morgan fingerprint density at radius 1 is 1.08 bits per heavy atom. The number of hydrogen-bond acceptors (Lipinski definition) is 0. The molecule has 0 spiro atoms. The van der Waals surface area contributed by atoms with Crippen molar-refractivity contribution < 1.29 is 8.78 Å². The molecule has 0 aromatic heterocycles. The van der Waals surface area contributed by atoms with Crippen molar-refractivity contribution in [3.8, 4) is 0 Å². The lowest BCUT2D eigenvalue weighted by atomic mass is 9.94. The van der Waals surface area contributed by atoms with Gasteiger partial charge >= 0.3 is 0 Å². The van der Waals surface area contributed by atoms with Crippen LogP contribution in [0.15, 0.2) is 18.2 Å². The Hall–Kier alpha value is -0.920. The molecule has 0 aliphatic carbocycles. The summed E-state index contributed by atoms with van der Waals surface area (Å²) in [5, 5.41) is 0. The second kappa shape index (κ2) is 4.35. The van der Waals surface area contributed by atoms with Crippen LogP contribution in [0.2, 0.25) is 0 Å². The van der Waals surface area contributed by atoms with Crippen LogP contribution in [0.3, 0.4) is 0 Å². The van der Waals surface area contributed by atoms with Crippen molar-refractivity contribution in [2.24, 2.45) is 0 Å². The summed E-state index contributed by atoms with van der Waals surface area (Å²) in [4.78, 5) is 0. The van der Waals surface area contributed by atoms with Gasteiger partial charge in [0.25, 0.3) is 0 Å². The molecule has 0 aliphatic rings. The second-order valence-electron chi connectivity index (χ2n) is 3.19. The quantitative estimate of drug-likeness (QED) is 0.669. The minimum atomic E-state index is -0.769. The molecule has 0 bridgehead atoms. The summed E-state index contributed by atoms with van der Waals surface area (Å²) in [6.07, 6.45) is 1.92. The third-order valence-electron chi connectivity index (χ3n) is 2.40. The molecule has 13 heavy (non-hydrogen) atoms. The predicted octanol–water partition coefficient (Wildman–Crippen LogP) is 3.87. The van der Waals surface area contributed by atoms with Crippen LogP contribution in [0.1, 0.15) is 38.2 Å². The zero-order valence-corrected chi connectivity index (χ0v) is 7.98. The predicted molar refractivity (Wildman–Crippen MR) is 49.7 cm³/mol. The summed E-state index contributed by atoms with van der Waals surface area (Å²) < 4.78 is 25.4. The van der Waals surface area contributed by atoms with E-state index in [2.05, 4.69) is 13.8 Å². The monoisotopic (exact) mass is 184 g/mol. The average Bonchev–Trinajstić information content (AvgIpc) is 2.13. The Balaban J connectivity index is 2.95. The fraction of sp³-hybridized carbons (Fsp3) is 0.455. The fourth-order valence-electron chi connectivity index (χ4n) is 1.53. The van der Waals surface area contributed by atoms with Crippen LogP contribution in [-0.4, -0.2) is 0 Å². The SMILES string of the molecule is CCC(CC)c1ccc(F)c(F)c1. The first-order valence-electron chi connectivity index (χ1n) is 4.64. The third-order valence-corrected chi connectivity index (χ3v) is 2.40. The van der Waals surface area contributed by atoms with Crippen molar-refractivity contribution in [2.75, 3.05) is 0 Å². The Morgan fingerprint density at radius 2 is 1.69 bits per heavy atom. The standard InChI is InChI=1S/C11H14F2/c1-3-8(4-2)9-5-6-10(12)11(13)7-9/h5-8H,3-4H2,1-2H3. The average molecular weight is 184 g/mol. The van der Waals surface area contributed by atoms with Gasteiger partial charge in [0, 0.05) is 0 Å². The van der Waals surface area contributed by atoms with Crippen molar-refractivity contribution >= 4 is 0 Å². The summed E-state index contributed by atoms with van der Waals surface area (Å²) >= 11 is 0. The molecule has 0 aliphatic heterocycles. The molecule has 0 unspecified atom stereocenters. The van der Waals surface area contributed by atoms with Gasteiger partial charge in [-0.1, -0.05) is 19.9 Å². The molecule has 0 atom stereocenters. The molecule has 2 heteroatoms. The number of rotatable bonds is 3. The highest BCUT2D eigenvalue weighted by Crippen LogP contribution is 2.23. The van der Waals surface area contributed by atoms with Crippen LogP contribution < -0.4 is 0 Å². The molecule has 0 saturated heterocycles. The lowest BCUT2D eigenvalue weighted by Crippen LogP contribution is -1.97. The van der Waals surface area contributed by atoms with Crippen molar-refractivity contribution in [3.63, 3.8) is 0 Å². The lowest BCUT2D eigenvalue weighted by molar-refractivity contribution is 0.503. The zero-order valence-electron chi connectivity index (χ0n) is 7.98. The maximum absolute atomic E-state index is 12.8. The number of benzene rings is 1. The van der Waals surface area contributed by atoms with Gasteiger partial charge in [0.15, 0.2) is 11.6 Å². The van der Waals surface area contributed by atoms with Gasteiger partial charge in [-0.2, -0.15) is 0 Å². The van der Waals surface area contributed by atoms with E-state index < -0.39 is 11.6 Å². The third kappa shape index (κ3) is 2.27. The van der Waals surface area contributed by atoms with Gasteiger partial charge in [-0.25, -0.2) is 8.78 Å². The molecule has 0 N–H and O–H groups in total. The molecular weight excluding hydrogens is 170 g/mol. The van der Waals surface area contributed by atoms with E-state index >= 15 is 0 Å². The van der Waals surface area contributed by atoms with Gasteiger partial charge < -0.3 is 0 Å². The summed E-state index contributed by atoms with van der Waals surface area (Å²) in [5.74, 6) is -1.17. The van der Waals surface area contributed by atoms with E-state index in [4.69, 9.17) is 0 Å². The maximum Gasteiger partial charge on any atom is 0.159 e. The summed E-state index contributed by atoms with van der Waals surface area (Å²) in [5.41, 5.74) is 0.893.